The zero-order valence-corrected chi connectivity index (χ0v) is 14.9. The van der Waals surface area contributed by atoms with Crippen molar-refractivity contribution >= 4 is 38.6 Å². The van der Waals surface area contributed by atoms with Crippen molar-refractivity contribution in [2.75, 3.05) is 0 Å². The topological polar surface area (TPSA) is 74.0 Å². The van der Waals surface area contributed by atoms with Crippen molar-refractivity contribution in [3.05, 3.63) is 70.3 Å². The summed E-state index contributed by atoms with van der Waals surface area (Å²) in [4.78, 5) is 28.1. The molecule has 6 heteroatoms. The molecule has 1 heterocycles. The Morgan fingerprint density at radius 1 is 1.04 bits per heavy atom. The lowest BCUT2D eigenvalue weighted by molar-refractivity contribution is -0.124. The largest absolute Gasteiger partial charge is 0.360 e. The first-order valence-corrected chi connectivity index (χ1v) is 8.82. The summed E-state index contributed by atoms with van der Waals surface area (Å²) >= 11 is 3.44. The number of para-hydroxylation sites is 1. The highest BCUT2D eigenvalue weighted by atomic mass is 79.9. The van der Waals surface area contributed by atoms with Crippen LogP contribution in [0, 0.1) is 0 Å². The third-order valence-corrected chi connectivity index (χ3v) is 5.18. The predicted octanol–water partition coefficient (Wildman–Crippen LogP) is 3.42. The molecule has 1 fully saturated rings. The van der Waals surface area contributed by atoms with Gasteiger partial charge in [0.05, 0.1) is 11.0 Å². The number of carbonyl (C=O) groups excluding carboxylic acids is 2. The molecule has 25 heavy (non-hydrogen) atoms. The molecule has 0 radical (unpaired) electrons. The molecule has 0 saturated heterocycles. The number of benzene rings is 2. The zero-order chi connectivity index (χ0) is 17.4. The second-order valence-electron chi connectivity index (χ2n) is 6.25. The van der Waals surface area contributed by atoms with Gasteiger partial charge in [-0.25, -0.2) is 0 Å². The first-order valence-electron chi connectivity index (χ1n) is 8.03. The molecule has 126 valence electrons. The van der Waals surface area contributed by atoms with E-state index in [-0.39, 0.29) is 11.8 Å². The lowest BCUT2D eigenvalue weighted by Gasteiger charge is -2.16. The Balaban J connectivity index is 1.48. The number of rotatable bonds is 3. The van der Waals surface area contributed by atoms with E-state index in [0.29, 0.717) is 5.56 Å². The molecule has 3 aromatic rings. The molecule has 0 unspecified atom stereocenters. The van der Waals surface area contributed by atoms with Crippen LogP contribution in [0.5, 0.6) is 0 Å². The fourth-order valence-electron chi connectivity index (χ4n) is 3.12. The summed E-state index contributed by atoms with van der Waals surface area (Å²) in [7, 11) is 0. The summed E-state index contributed by atoms with van der Waals surface area (Å²) in [6.07, 6.45) is 3.20. The van der Waals surface area contributed by atoms with Crippen LogP contribution in [0.15, 0.2) is 59.2 Å². The van der Waals surface area contributed by atoms with Crippen molar-refractivity contribution in [1.82, 2.24) is 15.8 Å². The number of hydrogen-bond donors (Lipinski definition) is 3. The number of hydrazine groups is 1. The molecule has 3 N–H and O–H groups in total. The van der Waals surface area contributed by atoms with Crippen LogP contribution in [-0.2, 0) is 10.2 Å². The number of H-pyrrole nitrogens is 1. The van der Waals surface area contributed by atoms with Crippen LogP contribution < -0.4 is 10.9 Å². The van der Waals surface area contributed by atoms with Gasteiger partial charge in [0, 0.05) is 21.6 Å². The van der Waals surface area contributed by atoms with Crippen LogP contribution >= 0.6 is 15.9 Å². The maximum Gasteiger partial charge on any atom is 0.271 e. The molecule has 1 aliphatic carbocycles. The Morgan fingerprint density at radius 3 is 2.60 bits per heavy atom. The van der Waals surface area contributed by atoms with Gasteiger partial charge in [-0.3, -0.25) is 20.4 Å². The maximum absolute atomic E-state index is 12.6. The average Bonchev–Trinajstić information content (AvgIpc) is 3.33. The average molecular weight is 398 g/mol. The summed E-state index contributed by atoms with van der Waals surface area (Å²) in [5.74, 6) is -0.519. The molecule has 0 atom stereocenters. The normalized spacial score (nSPS) is 14.9. The number of fused-ring (bicyclic) bond motifs is 1. The van der Waals surface area contributed by atoms with Crippen molar-refractivity contribution in [3.8, 4) is 0 Å². The summed E-state index contributed by atoms with van der Waals surface area (Å²) in [6.45, 7) is 0. The van der Waals surface area contributed by atoms with E-state index in [1.165, 1.54) is 0 Å². The first kappa shape index (κ1) is 15.9. The Labute approximate surface area is 152 Å². The molecule has 5 nitrogen and oxygen atoms in total. The van der Waals surface area contributed by atoms with E-state index < -0.39 is 5.41 Å². The molecular formula is C19H16BrN3O2. The molecule has 0 bridgehead atoms. The molecule has 1 aromatic heterocycles. The molecule has 1 saturated carbocycles. The van der Waals surface area contributed by atoms with Crippen LogP contribution in [0.25, 0.3) is 10.9 Å². The number of aromatic nitrogens is 1. The molecule has 2 aromatic carbocycles. The van der Waals surface area contributed by atoms with E-state index >= 15 is 0 Å². The van der Waals surface area contributed by atoms with Crippen LogP contribution in [-0.4, -0.2) is 16.8 Å². The summed E-state index contributed by atoms with van der Waals surface area (Å²) in [5, 5.41) is 0.822. The quantitative estimate of drug-likeness (QED) is 0.592. The SMILES string of the molecule is O=C(NNC(=O)C1(c2cccc(Br)c2)CC1)c1c[nH]c2ccccc12. The summed E-state index contributed by atoms with van der Waals surface area (Å²) in [6, 6.07) is 15.3. The smallest absolute Gasteiger partial charge is 0.271 e. The van der Waals surface area contributed by atoms with E-state index in [0.717, 1.165) is 33.8 Å². The first-order chi connectivity index (χ1) is 12.1. The fraction of sp³-hybridized carbons (Fsp3) is 0.158. The highest BCUT2D eigenvalue weighted by Crippen LogP contribution is 2.48. The van der Waals surface area contributed by atoms with Crippen LogP contribution in [0.2, 0.25) is 0 Å². The highest BCUT2D eigenvalue weighted by Gasteiger charge is 2.51. The van der Waals surface area contributed by atoms with Gasteiger partial charge >= 0.3 is 0 Å². The zero-order valence-electron chi connectivity index (χ0n) is 13.3. The van der Waals surface area contributed by atoms with Gasteiger partial charge in [0.25, 0.3) is 5.91 Å². The fourth-order valence-corrected chi connectivity index (χ4v) is 3.52. The standard InChI is InChI=1S/C19H16BrN3O2/c20-13-5-3-4-12(10-13)19(8-9-19)18(25)23-22-17(24)15-11-21-16-7-2-1-6-14(15)16/h1-7,10-11,21H,8-9H2,(H,22,24)(H,23,25). The minimum Gasteiger partial charge on any atom is -0.360 e. The van der Waals surface area contributed by atoms with Crippen molar-refractivity contribution in [1.29, 1.82) is 0 Å². The van der Waals surface area contributed by atoms with Gasteiger partial charge in [-0.05, 0) is 36.6 Å². The van der Waals surface area contributed by atoms with E-state index in [2.05, 4.69) is 31.8 Å². The third kappa shape index (κ3) is 2.82. The van der Waals surface area contributed by atoms with Crippen molar-refractivity contribution < 1.29 is 9.59 Å². The van der Waals surface area contributed by atoms with Crippen molar-refractivity contribution in [2.24, 2.45) is 0 Å². The third-order valence-electron chi connectivity index (χ3n) is 4.69. The number of halogens is 1. The molecule has 1 aliphatic rings. The minimum atomic E-state index is -0.544. The maximum atomic E-state index is 12.6. The number of hydrogen-bond acceptors (Lipinski definition) is 2. The lowest BCUT2D eigenvalue weighted by atomic mass is 9.95. The predicted molar refractivity (Wildman–Crippen MR) is 99.0 cm³/mol. The van der Waals surface area contributed by atoms with Gasteiger partial charge in [-0.1, -0.05) is 46.3 Å². The van der Waals surface area contributed by atoms with Crippen LogP contribution in [0.4, 0.5) is 0 Å². The number of nitrogens with one attached hydrogen (secondary N) is 3. The highest BCUT2D eigenvalue weighted by molar-refractivity contribution is 9.10. The Hall–Kier alpha value is -2.60. The number of aromatic amines is 1. The molecule has 0 spiro atoms. The Morgan fingerprint density at radius 2 is 1.84 bits per heavy atom. The second kappa shape index (κ2) is 6.04. The van der Waals surface area contributed by atoms with Crippen LogP contribution in [0.1, 0.15) is 28.8 Å². The van der Waals surface area contributed by atoms with Gasteiger partial charge in [0.2, 0.25) is 5.91 Å². The van der Waals surface area contributed by atoms with Crippen molar-refractivity contribution in [2.45, 2.75) is 18.3 Å². The molecular weight excluding hydrogens is 382 g/mol. The molecule has 4 rings (SSSR count). The monoisotopic (exact) mass is 397 g/mol. The lowest BCUT2D eigenvalue weighted by Crippen LogP contribution is -2.46. The van der Waals surface area contributed by atoms with Gasteiger partial charge in [0.15, 0.2) is 0 Å². The van der Waals surface area contributed by atoms with E-state index in [1.54, 1.807) is 6.20 Å². The summed E-state index contributed by atoms with van der Waals surface area (Å²) < 4.78 is 0.937. The van der Waals surface area contributed by atoms with Gasteiger partial charge in [0.1, 0.15) is 0 Å². The van der Waals surface area contributed by atoms with Crippen LogP contribution in [0.3, 0.4) is 0 Å². The van der Waals surface area contributed by atoms with Gasteiger partial charge < -0.3 is 4.98 Å². The molecule has 0 aliphatic heterocycles. The molecule has 2 amide bonds. The number of amides is 2. The minimum absolute atomic E-state index is 0.182. The van der Waals surface area contributed by atoms with E-state index in [1.807, 2.05) is 48.5 Å². The Kier molecular flexibility index (Phi) is 3.84. The number of carbonyl (C=O) groups is 2. The van der Waals surface area contributed by atoms with Gasteiger partial charge in [-0.2, -0.15) is 0 Å². The van der Waals surface area contributed by atoms with E-state index in [4.69, 9.17) is 0 Å². The Bertz CT molecular complexity index is 975. The summed E-state index contributed by atoms with van der Waals surface area (Å²) in [5.41, 5.74) is 6.92. The van der Waals surface area contributed by atoms with Gasteiger partial charge in [-0.15, -0.1) is 0 Å². The van der Waals surface area contributed by atoms with Crippen molar-refractivity contribution in [3.63, 3.8) is 0 Å². The second-order valence-corrected chi connectivity index (χ2v) is 7.16. The van der Waals surface area contributed by atoms with E-state index in [9.17, 15) is 9.59 Å².